The molecule has 1 saturated heterocycles. The van der Waals surface area contributed by atoms with Crippen molar-refractivity contribution < 1.29 is 22.6 Å². The van der Waals surface area contributed by atoms with Gasteiger partial charge in [0, 0.05) is 0 Å². The number of fused-ring (bicyclic) bond motifs is 1. The summed E-state index contributed by atoms with van der Waals surface area (Å²) < 4.78 is 49.1. The molecule has 20 heavy (non-hydrogen) atoms. The number of ether oxygens (including phenoxy) is 2. The first kappa shape index (κ1) is 13.2. The van der Waals surface area contributed by atoms with Gasteiger partial charge in [0.1, 0.15) is 0 Å². The van der Waals surface area contributed by atoms with Crippen LogP contribution < -0.4 is 0 Å². The highest BCUT2D eigenvalue weighted by Gasteiger charge is 2.37. The van der Waals surface area contributed by atoms with E-state index in [1.165, 1.54) is 6.07 Å². The second-order valence-electron chi connectivity index (χ2n) is 4.63. The first-order valence-electron chi connectivity index (χ1n) is 6.07. The molecule has 1 aliphatic heterocycles. The van der Waals surface area contributed by atoms with Crippen LogP contribution in [0.4, 0.5) is 13.2 Å². The molecule has 0 bridgehead atoms. The van der Waals surface area contributed by atoms with Gasteiger partial charge < -0.3 is 9.47 Å². The summed E-state index contributed by atoms with van der Waals surface area (Å²) in [6.45, 7) is 0.816. The Morgan fingerprint density at radius 1 is 1.20 bits per heavy atom. The smallest absolute Gasteiger partial charge is 0.349 e. The van der Waals surface area contributed by atoms with Gasteiger partial charge in [0.05, 0.1) is 36.3 Å². The Balaban J connectivity index is 2.05. The summed E-state index contributed by atoms with van der Waals surface area (Å²) in [6.07, 6.45) is -3.42. The lowest BCUT2D eigenvalue weighted by molar-refractivity contribution is -0.137. The Labute approximate surface area is 113 Å². The van der Waals surface area contributed by atoms with Gasteiger partial charge in [-0.05, 0) is 23.3 Å². The van der Waals surface area contributed by atoms with Crippen molar-refractivity contribution in [3.05, 3.63) is 41.0 Å². The van der Waals surface area contributed by atoms with Gasteiger partial charge in [-0.1, -0.05) is 12.1 Å². The van der Waals surface area contributed by atoms with Crippen molar-refractivity contribution in [3.8, 4) is 6.07 Å². The lowest BCUT2D eigenvalue weighted by Crippen LogP contribution is -2.17. The van der Waals surface area contributed by atoms with Crippen molar-refractivity contribution >= 4 is 5.57 Å². The van der Waals surface area contributed by atoms with E-state index in [1.807, 2.05) is 6.07 Å². The van der Waals surface area contributed by atoms with E-state index in [-0.39, 0.29) is 0 Å². The molecule has 6 heteroatoms. The topological polar surface area (TPSA) is 42.2 Å². The number of nitrogens with zero attached hydrogens (tertiary/aromatic N) is 1. The molecule has 0 radical (unpaired) electrons. The molecule has 104 valence electrons. The maximum Gasteiger partial charge on any atom is 0.416 e. The first-order chi connectivity index (χ1) is 9.50. The predicted molar refractivity (Wildman–Crippen MR) is 63.5 cm³/mol. The molecular formula is C14H10F3NO2. The molecule has 0 aromatic heterocycles. The molecule has 1 unspecified atom stereocenters. The van der Waals surface area contributed by atoms with Crippen LogP contribution in [0.5, 0.6) is 0 Å². The van der Waals surface area contributed by atoms with E-state index in [9.17, 15) is 13.2 Å². The summed E-state index contributed by atoms with van der Waals surface area (Å²) >= 11 is 0. The summed E-state index contributed by atoms with van der Waals surface area (Å²) in [4.78, 5) is 0. The van der Waals surface area contributed by atoms with E-state index in [4.69, 9.17) is 14.7 Å². The van der Waals surface area contributed by atoms with Crippen LogP contribution in [0.25, 0.3) is 5.57 Å². The Kier molecular flexibility index (Phi) is 3.04. The molecule has 1 aliphatic carbocycles. The minimum Gasteiger partial charge on any atom is -0.349 e. The third kappa shape index (κ3) is 2.09. The quantitative estimate of drug-likeness (QED) is 0.794. The van der Waals surface area contributed by atoms with Crippen LogP contribution in [0, 0.1) is 11.3 Å². The van der Waals surface area contributed by atoms with E-state index >= 15 is 0 Å². The van der Waals surface area contributed by atoms with Crippen LogP contribution in [0.15, 0.2) is 24.3 Å². The number of hydrogen-bond acceptors (Lipinski definition) is 3. The first-order valence-corrected chi connectivity index (χ1v) is 6.07. The second kappa shape index (κ2) is 4.62. The largest absolute Gasteiger partial charge is 0.416 e. The Morgan fingerprint density at radius 3 is 2.50 bits per heavy atom. The molecular weight excluding hydrogens is 271 g/mol. The van der Waals surface area contributed by atoms with Crippen LogP contribution in [0.3, 0.4) is 0 Å². The predicted octanol–water partition coefficient (Wildman–Crippen LogP) is 3.08. The molecule has 1 fully saturated rings. The summed E-state index contributed by atoms with van der Waals surface area (Å²) in [5.41, 5.74) is 0.581. The SMILES string of the molecule is N#CC1=CC(C2OCCO2)c2cc(C(F)(F)F)ccc21. The molecule has 0 spiro atoms. The number of halogens is 3. The summed E-state index contributed by atoms with van der Waals surface area (Å²) in [6, 6.07) is 5.40. The lowest BCUT2D eigenvalue weighted by Gasteiger charge is -2.18. The average molecular weight is 281 g/mol. The van der Waals surface area contributed by atoms with E-state index in [1.54, 1.807) is 6.08 Å². The average Bonchev–Trinajstić information content (AvgIpc) is 3.03. The van der Waals surface area contributed by atoms with Gasteiger partial charge in [-0.2, -0.15) is 18.4 Å². The van der Waals surface area contributed by atoms with E-state index in [2.05, 4.69) is 0 Å². The zero-order valence-corrected chi connectivity index (χ0v) is 10.3. The number of allylic oxidation sites excluding steroid dienone is 1. The molecule has 1 atom stereocenters. The van der Waals surface area contributed by atoms with Gasteiger partial charge in [0.15, 0.2) is 6.29 Å². The highest BCUT2D eigenvalue weighted by atomic mass is 19.4. The van der Waals surface area contributed by atoms with Gasteiger partial charge in [0.25, 0.3) is 0 Å². The lowest BCUT2D eigenvalue weighted by atomic mass is 9.97. The zero-order chi connectivity index (χ0) is 14.3. The number of benzene rings is 1. The monoisotopic (exact) mass is 281 g/mol. The Hall–Kier alpha value is -1.84. The minimum atomic E-state index is -4.41. The Morgan fingerprint density at radius 2 is 1.90 bits per heavy atom. The third-order valence-corrected chi connectivity index (χ3v) is 3.44. The van der Waals surface area contributed by atoms with Crippen LogP contribution in [-0.4, -0.2) is 19.5 Å². The van der Waals surface area contributed by atoms with Crippen LogP contribution in [-0.2, 0) is 15.7 Å². The van der Waals surface area contributed by atoms with Gasteiger partial charge in [0.2, 0.25) is 0 Å². The minimum absolute atomic E-state index is 0.359. The number of hydrogen-bond donors (Lipinski definition) is 0. The molecule has 3 nitrogen and oxygen atoms in total. The molecule has 1 aromatic rings. The van der Waals surface area contributed by atoms with Crippen molar-refractivity contribution in [1.29, 1.82) is 5.26 Å². The fourth-order valence-corrected chi connectivity index (χ4v) is 2.53. The van der Waals surface area contributed by atoms with Crippen LogP contribution >= 0.6 is 0 Å². The molecule has 0 N–H and O–H groups in total. The van der Waals surface area contributed by atoms with Gasteiger partial charge in [-0.3, -0.25) is 0 Å². The van der Waals surface area contributed by atoms with E-state index < -0.39 is 23.9 Å². The second-order valence-corrected chi connectivity index (χ2v) is 4.63. The number of alkyl halides is 3. The molecule has 1 heterocycles. The maximum atomic E-state index is 12.8. The third-order valence-electron chi connectivity index (χ3n) is 3.44. The maximum absolute atomic E-state index is 12.8. The summed E-state index contributed by atoms with van der Waals surface area (Å²) in [5.74, 6) is -0.468. The van der Waals surface area contributed by atoms with Crippen LogP contribution in [0.2, 0.25) is 0 Å². The van der Waals surface area contributed by atoms with E-state index in [0.29, 0.717) is 29.9 Å². The van der Waals surface area contributed by atoms with Crippen molar-refractivity contribution in [2.45, 2.75) is 18.4 Å². The summed E-state index contributed by atoms with van der Waals surface area (Å²) in [5, 5.41) is 9.08. The van der Waals surface area contributed by atoms with Crippen molar-refractivity contribution in [2.75, 3.05) is 13.2 Å². The highest BCUT2D eigenvalue weighted by molar-refractivity contribution is 5.83. The fraction of sp³-hybridized carbons (Fsp3) is 0.357. The number of rotatable bonds is 1. The molecule has 0 saturated carbocycles. The van der Waals surface area contributed by atoms with Crippen molar-refractivity contribution in [2.24, 2.45) is 0 Å². The van der Waals surface area contributed by atoms with Gasteiger partial charge in [-0.15, -0.1) is 0 Å². The van der Waals surface area contributed by atoms with Gasteiger partial charge in [-0.25, -0.2) is 0 Å². The highest BCUT2D eigenvalue weighted by Crippen LogP contribution is 2.42. The normalized spacial score (nSPS) is 22.5. The standard InChI is InChI=1S/C14H10F3NO2/c15-14(16,17)9-1-2-10-8(7-18)5-12(11(10)6-9)13-19-3-4-20-13/h1-2,5-6,12-13H,3-4H2. The van der Waals surface area contributed by atoms with Gasteiger partial charge >= 0.3 is 6.18 Å². The Bertz CT molecular complexity index is 610. The zero-order valence-electron chi connectivity index (χ0n) is 10.3. The molecule has 3 rings (SSSR count). The molecule has 0 amide bonds. The molecule has 2 aliphatic rings. The van der Waals surface area contributed by atoms with E-state index in [0.717, 1.165) is 12.1 Å². The summed E-state index contributed by atoms with van der Waals surface area (Å²) in [7, 11) is 0. The van der Waals surface area contributed by atoms with Crippen LogP contribution in [0.1, 0.15) is 22.6 Å². The molecule has 1 aromatic carbocycles. The van der Waals surface area contributed by atoms with Crippen molar-refractivity contribution in [3.63, 3.8) is 0 Å². The fourth-order valence-electron chi connectivity index (χ4n) is 2.53. The number of nitriles is 1. The van der Waals surface area contributed by atoms with Crippen molar-refractivity contribution in [1.82, 2.24) is 0 Å².